The highest BCUT2D eigenvalue weighted by Crippen LogP contribution is 2.23. The molecule has 21 heavy (non-hydrogen) atoms. The highest BCUT2D eigenvalue weighted by molar-refractivity contribution is 5.98. The molecule has 0 atom stereocenters. The lowest BCUT2D eigenvalue weighted by molar-refractivity contribution is -0.135. The van der Waals surface area contributed by atoms with E-state index in [0.29, 0.717) is 5.56 Å². The molecule has 0 spiro atoms. The second kappa shape index (κ2) is 6.53. The molecular weight excluding hydrogens is 266 g/mol. The van der Waals surface area contributed by atoms with E-state index >= 15 is 0 Å². The van der Waals surface area contributed by atoms with E-state index in [-0.39, 0.29) is 5.57 Å². The number of carbonyl (C=O) groups is 1. The molecule has 0 bridgehead atoms. The van der Waals surface area contributed by atoms with E-state index in [1.54, 1.807) is 6.20 Å². The summed E-state index contributed by atoms with van der Waals surface area (Å²) in [6.07, 6.45) is 4.01. The third-order valence-electron chi connectivity index (χ3n) is 3.15. The van der Waals surface area contributed by atoms with Crippen molar-refractivity contribution in [2.75, 3.05) is 7.11 Å². The van der Waals surface area contributed by atoms with Gasteiger partial charge in [-0.25, -0.2) is 4.79 Å². The number of nitriles is 1. The van der Waals surface area contributed by atoms with Crippen molar-refractivity contribution in [2.24, 2.45) is 0 Å². The average Bonchev–Trinajstić information content (AvgIpc) is 3.00. The van der Waals surface area contributed by atoms with Crippen LogP contribution in [0.1, 0.15) is 18.1 Å². The predicted octanol–water partition coefficient (Wildman–Crippen LogP) is 2.72. The quantitative estimate of drug-likeness (QED) is 0.531. The van der Waals surface area contributed by atoms with Gasteiger partial charge in [-0.3, -0.25) is 5.10 Å². The summed E-state index contributed by atoms with van der Waals surface area (Å²) in [5.74, 6) is -0.661. The van der Waals surface area contributed by atoms with Gasteiger partial charge in [-0.15, -0.1) is 0 Å². The number of carbonyl (C=O) groups excluding carboxylic acids is 1. The lowest BCUT2D eigenvalue weighted by Gasteiger charge is -2.02. The molecule has 1 aromatic heterocycles. The summed E-state index contributed by atoms with van der Waals surface area (Å²) in [6.45, 7) is 2.09. The minimum atomic E-state index is -0.661. The molecule has 5 nitrogen and oxygen atoms in total. The molecule has 106 valence electrons. The van der Waals surface area contributed by atoms with E-state index in [2.05, 4.69) is 21.9 Å². The van der Waals surface area contributed by atoms with Crippen LogP contribution in [0, 0.1) is 11.3 Å². The van der Waals surface area contributed by atoms with Crippen LogP contribution in [0.2, 0.25) is 0 Å². The lowest BCUT2D eigenvalue weighted by Crippen LogP contribution is -2.02. The highest BCUT2D eigenvalue weighted by Gasteiger charge is 2.12. The zero-order chi connectivity index (χ0) is 15.2. The molecule has 0 aliphatic carbocycles. The Morgan fingerprint density at radius 3 is 2.71 bits per heavy atom. The van der Waals surface area contributed by atoms with E-state index < -0.39 is 5.97 Å². The Kier molecular flexibility index (Phi) is 4.52. The van der Waals surface area contributed by atoms with Crippen molar-refractivity contribution in [2.45, 2.75) is 13.3 Å². The van der Waals surface area contributed by atoms with Gasteiger partial charge in [0.2, 0.25) is 0 Å². The Hall–Kier alpha value is -2.87. The topological polar surface area (TPSA) is 78.8 Å². The summed E-state index contributed by atoms with van der Waals surface area (Å²) in [6, 6.07) is 9.87. The molecule has 0 amide bonds. The number of rotatable bonds is 4. The molecule has 0 aliphatic heterocycles. The first-order chi connectivity index (χ1) is 10.2. The van der Waals surface area contributed by atoms with E-state index in [4.69, 9.17) is 5.26 Å². The fourth-order valence-corrected chi connectivity index (χ4v) is 1.95. The maximum atomic E-state index is 11.5. The summed E-state index contributed by atoms with van der Waals surface area (Å²) in [4.78, 5) is 11.5. The van der Waals surface area contributed by atoms with Gasteiger partial charge < -0.3 is 4.74 Å². The second-order valence-corrected chi connectivity index (χ2v) is 4.41. The van der Waals surface area contributed by atoms with Crippen LogP contribution in [0.15, 0.2) is 36.0 Å². The van der Waals surface area contributed by atoms with Crippen molar-refractivity contribution in [3.05, 3.63) is 47.2 Å². The number of H-pyrrole nitrogens is 1. The molecule has 0 saturated heterocycles. The zero-order valence-electron chi connectivity index (χ0n) is 11.9. The van der Waals surface area contributed by atoms with E-state index in [1.807, 2.05) is 30.3 Å². The van der Waals surface area contributed by atoms with Crippen LogP contribution in [0.3, 0.4) is 0 Å². The maximum absolute atomic E-state index is 11.5. The third-order valence-corrected chi connectivity index (χ3v) is 3.15. The molecule has 0 saturated carbocycles. The Morgan fingerprint density at radius 1 is 1.43 bits per heavy atom. The van der Waals surface area contributed by atoms with Gasteiger partial charge in [-0.05, 0) is 18.1 Å². The third kappa shape index (κ3) is 3.18. The van der Waals surface area contributed by atoms with Crippen LogP contribution < -0.4 is 0 Å². The van der Waals surface area contributed by atoms with Gasteiger partial charge >= 0.3 is 5.97 Å². The number of benzene rings is 1. The molecule has 1 aromatic carbocycles. The number of hydrogen-bond donors (Lipinski definition) is 1. The molecule has 0 aliphatic rings. The van der Waals surface area contributed by atoms with Gasteiger partial charge in [0.1, 0.15) is 11.6 Å². The molecule has 0 radical (unpaired) electrons. The predicted molar refractivity (Wildman–Crippen MR) is 79.0 cm³/mol. The Balaban J connectivity index is 2.40. The van der Waals surface area contributed by atoms with Crippen LogP contribution >= 0.6 is 0 Å². The first-order valence-corrected chi connectivity index (χ1v) is 6.52. The molecule has 2 aromatic rings. The van der Waals surface area contributed by atoms with E-state index in [0.717, 1.165) is 17.7 Å². The number of ether oxygens (including phenoxy) is 1. The monoisotopic (exact) mass is 281 g/mol. The molecule has 5 heteroatoms. The Labute approximate surface area is 122 Å². The minimum Gasteiger partial charge on any atom is -0.465 e. The number of aryl methyl sites for hydroxylation is 1. The molecule has 1 N–H and O–H groups in total. The smallest absolute Gasteiger partial charge is 0.348 e. The van der Waals surface area contributed by atoms with Gasteiger partial charge in [0.25, 0.3) is 0 Å². The van der Waals surface area contributed by atoms with Gasteiger partial charge in [-0.2, -0.15) is 10.4 Å². The summed E-state index contributed by atoms with van der Waals surface area (Å²) >= 11 is 0. The average molecular weight is 281 g/mol. The van der Waals surface area contributed by atoms with Crippen molar-refractivity contribution in [3.63, 3.8) is 0 Å². The number of methoxy groups -OCH3 is 1. The van der Waals surface area contributed by atoms with Crippen molar-refractivity contribution < 1.29 is 9.53 Å². The number of aromatic nitrogens is 2. The summed E-state index contributed by atoms with van der Waals surface area (Å²) in [7, 11) is 1.24. The number of nitrogens with one attached hydrogen (secondary N) is 1. The fraction of sp³-hybridized carbons (Fsp3) is 0.188. The molecule has 0 unspecified atom stereocenters. The Bertz CT molecular complexity index is 706. The second-order valence-electron chi connectivity index (χ2n) is 4.41. The van der Waals surface area contributed by atoms with Crippen LogP contribution in [-0.4, -0.2) is 23.3 Å². The van der Waals surface area contributed by atoms with Gasteiger partial charge in [-0.1, -0.05) is 31.2 Å². The normalized spacial score (nSPS) is 11.0. The van der Waals surface area contributed by atoms with Gasteiger partial charge in [0.15, 0.2) is 0 Å². The molecule has 1 heterocycles. The van der Waals surface area contributed by atoms with E-state index in [1.165, 1.54) is 18.7 Å². The van der Waals surface area contributed by atoms with Crippen molar-refractivity contribution in [3.8, 4) is 17.3 Å². The highest BCUT2D eigenvalue weighted by atomic mass is 16.5. The SMILES string of the molecule is CCc1ccc(-c2[nH]ncc2C=C(C#N)C(=O)OC)cc1. The number of hydrogen-bond acceptors (Lipinski definition) is 4. The molecular formula is C16H15N3O2. The van der Waals surface area contributed by atoms with Crippen LogP contribution in [-0.2, 0) is 16.0 Å². The van der Waals surface area contributed by atoms with Gasteiger partial charge in [0.05, 0.1) is 19.0 Å². The van der Waals surface area contributed by atoms with Crippen molar-refractivity contribution >= 4 is 12.0 Å². The van der Waals surface area contributed by atoms with Crippen molar-refractivity contribution in [1.29, 1.82) is 5.26 Å². The number of esters is 1. The molecule has 0 fully saturated rings. The summed E-state index contributed by atoms with van der Waals surface area (Å²) in [5, 5.41) is 15.9. The zero-order valence-corrected chi connectivity index (χ0v) is 11.9. The largest absolute Gasteiger partial charge is 0.465 e. The van der Waals surface area contributed by atoms with Gasteiger partial charge in [0, 0.05) is 11.1 Å². The lowest BCUT2D eigenvalue weighted by atomic mass is 10.0. The molecule has 2 rings (SSSR count). The Morgan fingerprint density at radius 2 is 2.14 bits per heavy atom. The number of nitrogens with zero attached hydrogens (tertiary/aromatic N) is 2. The minimum absolute atomic E-state index is 0.0645. The standard InChI is InChI=1S/C16H15N3O2/c1-3-11-4-6-12(7-5-11)15-14(10-18-19-15)8-13(9-17)16(20)21-2/h4-8,10H,3H2,1-2H3,(H,18,19). The van der Waals surface area contributed by atoms with Crippen LogP contribution in [0.25, 0.3) is 17.3 Å². The first-order valence-electron chi connectivity index (χ1n) is 6.52. The van der Waals surface area contributed by atoms with Crippen LogP contribution in [0.5, 0.6) is 0 Å². The van der Waals surface area contributed by atoms with E-state index in [9.17, 15) is 4.79 Å². The maximum Gasteiger partial charge on any atom is 0.348 e. The first kappa shape index (κ1) is 14.5. The summed E-state index contributed by atoms with van der Waals surface area (Å²) in [5.41, 5.74) is 3.54. The summed E-state index contributed by atoms with van der Waals surface area (Å²) < 4.78 is 4.57. The van der Waals surface area contributed by atoms with Crippen molar-refractivity contribution in [1.82, 2.24) is 10.2 Å². The number of aromatic amines is 1. The van der Waals surface area contributed by atoms with Crippen LogP contribution in [0.4, 0.5) is 0 Å². The fourth-order valence-electron chi connectivity index (χ4n) is 1.95.